The third-order valence-electron chi connectivity index (χ3n) is 7.96. The number of nitrogens with zero attached hydrogens (tertiary/aromatic N) is 1. The molecule has 1 aromatic carbocycles. The fourth-order valence-corrected chi connectivity index (χ4v) is 5.65. The van der Waals surface area contributed by atoms with Crippen LogP contribution in [0.15, 0.2) is 53.6 Å². The van der Waals surface area contributed by atoms with E-state index in [4.69, 9.17) is 4.74 Å². The normalized spacial score (nSPS) is 25.5. The van der Waals surface area contributed by atoms with Crippen LogP contribution in [0.25, 0.3) is 0 Å². The number of likely N-dealkylation sites (tertiary alicyclic amines) is 1. The van der Waals surface area contributed by atoms with Crippen LogP contribution in [0.3, 0.4) is 0 Å². The maximum absolute atomic E-state index is 13.2. The van der Waals surface area contributed by atoms with E-state index in [1.165, 1.54) is 5.57 Å². The minimum atomic E-state index is -0.421. The number of carbonyl (C=O) groups is 3. The van der Waals surface area contributed by atoms with E-state index < -0.39 is 6.09 Å². The number of fused-ring (bicyclic) bond motifs is 1. The number of nitrogens with one attached hydrogen (secondary N) is 1. The molecule has 182 valence electrons. The van der Waals surface area contributed by atoms with Crippen LogP contribution in [0.5, 0.6) is 0 Å². The highest BCUT2D eigenvalue weighted by Crippen LogP contribution is 2.45. The molecule has 6 nitrogen and oxygen atoms in total. The highest BCUT2D eigenvalue weighted by Gasteiger charge is 2.38. The van der Waals surface area contributed by atoms with E-state index in [1.54, 1.807) is 0 Å². The maximum Gasteiger partial charge on any atom is 0.407 e. The second kappa shape index (κ2) is 10.6. The summed E-state index contributed by atoms with van der Waals surface area (Å²) in [6, 6.07) is 9.59. The van der Waals surface area contributed by atoms with Gasteiger partial charge in [-0.2, -0.15) is 0 Å². The minimum Gasteiger partial charge on any atom is -0.445 e. The fourth-order valence-electron chi connectivity index (χ4n) is 5.65. The van der Waals surface area contributed by atoms with Crippen LogP contribution in [0, 0.1) is 17.8 Å². The molecule has 0 unspecified atom stereocenters. The highest BCUT2D eigenvalue weighted by atomic mass is 16.5. The van der Waals surface area contributed by atoms with Crippen LogP contribution < -0.4 is 5.32 Å². The Morgan fingerprint density at radius 2 is 1.79 bits per heavy atom. The first-order chi connectivity index (χ1) is 16.3. The van der Waals surface area contributed by atoms with Crippen molar-refractivity contribution in [1.29, 1.82) is 0 Å². The Labute approximate surface area is 202 Å². The number of ether oxygens (including phenoxy) is 1. The van der Waals surface area contributed by atoms with E-state index in [0.717, 1.165) is 30.4 Å². The monoisotopic (exact) mass is 464 g/mol. The number of hydrogen-bond donors (Lipinski definition) is 1. The van der Waals surface area contributed by atoms with Crippen LogP contribution in [0.2, 0.25) is 0 Å². The molecule has 0 aromatic heterocycles. The molecule has 2 amide bonds. The molecule has 3 aliphatic rings. The average Bonchev–Trinajstić information content (AvgIpc) is 3.03. The molecule has 4 rings (SSSR count). The zero-order valence-electron chi connectivity index (χ0n) is 20.3. The van der Waals surface area contributed by atoms with Gasteiger partial charge in [0.15, 0.2) is 5.78 Å². The number of piperidine rings is 1. The van der Waals surface area contributed by atoms with E-state index in [2.05, 4.69) is 18.8 Å². The van der Waals surface area contributed by atoms with Gasteiger partial charge in [-0.1, -0.05) is 49.4 Å². The number of alkyl carbamates (subject to hydrolysis) is 1. The number of carbonyl (C=O) groups excluding carboxylic acids is 3. The summed E-state index contributed by atoms with van der Waals surface area (Å²) in [5.74, 6) is 1.18. The third-order valence-corrected chi connectivity index (χ3v) is 7.96. The molecule has 6 heteroatoms. The fraction of sp³-hybridized carbons (Fsp3) is 0.536. The van der Waals surface area contributed by atoms with Gasteiger partial charge in [-0.15, -0.1) is 0 Å². The van der Waals surface area contributed by atoms with E-state index in [-0.39, 0.29) is 30.3 Å². The summed E-state index contributed by atoms with van der Waals surface area (Å²) in [6.45, 7) is 9.81. The Kier molecular flexibility index (Phi) is 7.54. The predicted octanol–water partition coefficient (Wildman–Crippen LogP) is 4.80. The molecule has 0 radical (unpaired) electrons. The third kappa shape index (κ3) is 5.43. The average molecular weight is 465 g/mol. The van der Waals surface area contributed by atoms with Gasteiger partial charge in [0.05, 0.1) is 0 Å². The van der Waals surface area contributed by atoms with Crippen LogP contribution in [0.1, 0.15) is 57.9 Å². The van der Waals surface area contributed by atoms with E-state index in [0.29, 0.717) is 49.8 Å². The van der Waals surface area contributed by atoms with Crippen LogP contribution >= 0.6 is 0 Å². The molecule has 0 bridgehead atoms. The molecule has 1 heterocycles. The Bertz CT molecular complexity index is 975. The predicted molar refractivity (Wildman–Crippen MR) is 131 cm³/mol. The minimum absolute atomic E-state index is 0.00242. The van der Waals surface area contributed by atoms with Gasteiger partial charge >= 0.3 is 6.09 Å². The Morgan fingerprint density at radius 3 is 2.50 bits per heavy atom. The summed E-state index contributed by atoms with van der Waals surface area (Å²) in [4.78, 5) is 39.6. The summed E-state index contributed by atoms with van der Waals surface area (Å²) in [7, 11) is 0. The van der Waals surface area contributed by atoms with Crippen LogP contribution in [-0.2, 0) is 20.9 Å². The first kappa shape index (κ1) is 24.2. The zero-order valence-corrected chi connectivity index (χ0v) is 20.3. The van der Waals surface area contributed by atoms with Crippen molar-refractivity contribution in [3.05, 3.63) is 59.2 Å². The van der Waals surface area contributed by atoms with Crippen molar-refractivity contribution in [2.75, 3.05) is 13.1 Å². The van der Waals surface area contributed by atoms with Crippen molar-refractivity contribution >= 4 is 17.8 Å². The maximum atomic E-state index is 13.2. The molecule has 1 saturated heterocycles. The number of benzene rings is 1. The second-order valence-corrected chi connectivity index (χ2v) is 10.1. The van der Waals surface area contributed by atoms with Crippen molar-refractivity contribution in [3.63, 3.8) is 0 Å². The van der Waals surface area contributed by atoms with Crippen LogP contribution in [0.4, 0.5) is 4.79 Å². The van der Waals surface area contributed by atoms with Gasteiger partial charge in [0.2, 0.25) is 5.91 Å². The van der Waals surface area contributed by atoms with Gasteiger partial charge in [0.25, 0.3) is 0 Å². The summed E-state index contributed by atoms with van der Waals surface area (Å²) < 4.78 is 5.32. The molecular weight excluding hydrogens is 428 g/mol. The standard InChI is InChI=1S/C28H36N2O4/c1-18-9-10-22(15-25-20(3)26(31)16-24(18)25)19(2)27(32)30-13-11-23(12-14-30)29-28(33)34-17-21-7-5-4-6-8-21/h4-8,18,22-24H,2,9-17H2,1,3H3,(H,29,33)/t18-,22+,24-/m0/s1. The summed E-state index contributed by atoms with van der Waals surface area (Å²) in [5, 5.41) is 2.93. The van der Waals surface area contributed by atoms with Crippen molar-refractivity contribution in [3.8, 4) is 0 Å². The first-order valence-corrected chi connectivity index (χ1v) is 12.5. The van der Waals surface area contributed by atoms with Gasteiger partial charge in [-0.25, -0.2) is 4.79 Å². The highest BCUT2D eigenvalue weighted by molar-refractivity contribution is 5.99. The number of hydrogen-bond acceptors (Lipinski definition) is 4. The lowest BCUT2D eigenvalue weighted by Gasteiger charge is -2.33. The summed E-state index contributed by atoms with van der Waals surface area (Å²) in [5.41, 5.74) is 3.78. The van der Waals surface area contributed by atoms with Gasteiger partial charge in [0.1, 0.15) is 6.61 Å². The van der Waals surface area contributed by atoms with E-state index >= 15 is 0 Å². The molecular formula is C28H36N2O4. The number of amides is 2. The van der Waals surface area contributed by atoms with Gasteiger partial charge in [-0.3, -0.25) is 9.59 Å². The summed E-state index contributed by atoms with van der Waals surface area (Å²) in [6.07, 6.45) is 4.34. The SMILES string of the molecule is C=C(C(=O)N1CCC(NC(=O)OCc2ccccc2)CC1)[C@@H]1CC[C@H](C)[C@@H]2CC(=O)C(C)=C2C1. The molecule has 3 atom stereocenters. The van der Waals surface area contributed by atoms with Crippen molar-refractivity contribution in [2.45, 2.75) is 65.0 Å². The quantitative estimate of drug-likeness (QED) is 0.635. The van der Waals surface area contributed by atoms with Crippen molar-refractivity contribution in [1.82, 2.24) is 10.2 Å². The van der Waals surface area contributed by atoms with Crippen molar-refractivity contribution in [2.24, 2.45) is 17.8 Å². The van der Waals surface area contributed by atoms with E-state index in [9.17, 15) is 14.4 Å². The topological polar surface area (TPSA) is 75.7 Å². The Balaban J connectivity index is 1.26. The lowest BCUT2D eigenvalue weighted by Crippen LogP contribution is -2.47. The molecule has 2 fully saturated rings. The molecule has 1 aliphatic heterocycles. The van der Waals surface area contributed by atoms with Gasteiger partial charge in [0, 0.05) is 31.1 Å². The number of ketones is 1. The lowest BCUT2D eigenvalue weighted by atomic mass is 9.86. The first-order valence-electron chi connectivity index (χ1n) is 12.5. The molecule has 1 aromatic rings. The molecule has 2 aliphatic carbocycles. The largest absolute Gasteiger partial charge is 0.445 e. The Hall–Kier alpha value is -2.89. The molecule has 34 heavy (non-hydrogen) atoms. The second-order valence-electron chi connectivity index (χ2n) is 10.1. The zero-order chi connectivity index (χ0) is 24.2. The smallest absolute Gasteiger partial charge is 0.407 e. The molecule has 1 N–H and O–H groups in total. The lowest BCUT2D eigenvalue weighted by molar-refractivity contribution is -0.128. The van der Waals surface area contributed by atoms with Gasteiger partial charge in [-0.05, 0) is 67.9 Å². The number of Topliss-reactive ketones (excluding diaryl/α,β-unsaturated/α-hetero) is 1. The number of rotatable bonds is 5. The van der Waals surface area contributed by atoms with Crippen LogP contribution in [-0.4, -0.2) is 41.8 Å². The van der Waals surface area contributed by atoms with E-state index in [1.807, 2.05) is 42.2 Å². The van der Waals surface area contributed by atoms with Gasteiger partial charge < -0.3 is 15.0 Å². The molecule has 1 saturated carbocycles. The number of allylic oxidation sites excluding steroid dienone is 2. The Morgan fingerprint density at radius 1 is 1.09 bits per heavy atom. The van der Waals surface area contributed by atoms with Crippen molar-refractivity contribution < 1.29 is 19.1 Å². The molecule has 0 spiro atoms. The summed E-state index contributed by atoms with van der Waals surface area (Å²) >= 11 is 0.